The Morgan fingerprint density at radius 3 is 2.54 bits per heavy atom. The summed E-state index contributed by atoms with van der Waals surface area (Å²) in [7, 11) is 5.72. The van der Waals surface area contributed by atoms with Gasteiger partial charge in [0, 0.05) is 37.6 Å². The summed E-state index contributed by atoms with van der Waals surface area (Å²) in [6.45, 7) is 3.45. The van der Waals surface area contributed by atoms with E-state index in [1.807, 2.05) is 6.07 Å². The molecule has 1 aromatic heterocycles. The lowest BCUT2D eigenvalue weighted by atomic mass is 10.0. The van der Waals surface area contributed by atoms with Crippen molar-refractivity contribution in [2.75, 3.05) is 44.4 Å². The van der Waals surface area contributed by atoms with E-state index < -0.39 is 0 Å². The fraction of sp³-hybridized carbons (Fsp3) is 0.450. The number of nitrogens with one attached hydrogen (secondary N) is 2. The summed E-state index contributed by atoms with van der Waals surface area (Å²) in [4.78, 5) is 24.6. The van der Waals surface area contributed by atoms with E-state index in [9.17, 15) is 9.18 Å². The maximum Gasteiger partial charge on any atom is 0.269 e. The zero-order chi connectivity index (χ0) is 20.3. The van der Waals surface area contributed by atoms with Crippen LogP contribution in [0, 0.1) is 12.7 Å². The van der Waals surface area contributed by atoms with Gasteiger partial charge in [-0.15, -0.1) is 0 Å². The molecule has 0 bridgehead atoms. The third-order valence-electron chi connectivity index (χ3n) is 5.05. The molecule has 150 valence electrons. The largest absolute Gasteiger partial charge is 0.369 e. The number of carbonyl (C=O) groups is 1. The number of amides is 1. The number of halogens is 1. The van der Waals surface area contributed by atoms with Crippen LogP contribution >= 0.6 is 0 Å². The molecule has 0 unspecified atom stereocenters. The van der Waals surface area contributed by atoms with Crippen molar-refractivity contribution in [3.8, 4) is 0 Å². The molecule has 0 spiro atoms. The van der Waals surface area contributed by atoms with Gasteiger partial charge in [-0.1, -0.05) is 0 Å². The molecule has 1 aliphatic heterocycles. The van der Waals surface area contributed by atoms with Gasteiger partial charge < -0.3 is 20.4 Å². The Hall–Kier alpha value is -2.74. The van der Waals surface area contributed by atoms with Crippen molar-refractivity contribution in [1.82, 2.24) is 20.2 Å². The predicted molar refractivity (Wildman–Crippen MR) is 109 cm³/mol. The average molecular weight is 386 g/mol. The van der Waals surface area contributed by atoms with Gasteiger partial charge in [-0.25, -0.2) is 14.4 Å². The SMILES string of the molecule is CNC(=O)c1cc(C)nc(Nc2ccc(N3CCC(N(C)C)CC3)c(F)c2)n1. The second-order valence-corrected chi connectivity index (χ2v) is 7.27. The van der Waals surface area contributed by atoms with Crippen LogP contribution in [0.25, 0.3) is 0 Å². The Balaban J connectivity index is 1.73. The average Bonchev–Trinajstić information content (AvgIpc) is 2.67. The molecule has 2 heterocycles. The Bertz CT molecular complexity index is 849. The number of carbonyl (C=O) groups excluding carboxylic acids is 1. The molecule has 8 heteroatoms. The fourth-order valence-electron chi connectivity index (χ4n) is 3.46. The first kappa shape index (κ1) is 20.0. The Kier molecular flexibility index (Phi) is 6.08. The number of aryl methyl sites for hydroxylation is 1. The minimum atomic E-state index is -0.295. The van der Waals surface area contributed by atoms with Crippen molar-refractivity contribution >= 4 is 23.2 Å². The van der Waals surface area contributed by atoms with Crippen LogP contribution in [0.3, 0.4) is 0 Å². The molecule has 1 fully saturated rings. The third-order valence-corrected chi connectivity index (χ3v) is 5.05. The predicted octanol–water partition coefficient (Wildman–Crippen LogP) is 2.56. The van der Waals surface area contributed by atoms with Crippen LogP contribution in [0.5, 0.6) is 0 Å². The van der Waals surface area contributed by atoms with Gasteiger partial charge in [-0.05, 0) is 58.1 Å². The zero-order valence-corrected chi connectivity index (χ0v) is 16.8. The molecule has 0 atom stereocenters. The minimum absolute atomic E-state index is 0.262. The minimum Gasteiger partial charge on any atom is -0.369 e. The van der Waals surface area contributed by atoms with Crippen molar-refractivity contribution in [2.24, 2.45) is 0 Å². The fourth-order valence-corrected chi connectivity index (χ4v) is 3.46. The standard InChI is InChI=1S/C20H27FN6O/c1-13-11-17(19(28)22-2)25-20(23-13)24-14-5-6-18(16(21)12-14)27-9-7-15(8-10-27)26(3)4/h5-6,11-12,15H,7-10H2,1-4H3,(H,22,28)(H,23,24,25). The number of nitrogens with zero attached hydrogens (tertiary/aromatic N) is 4. The van der Waals surface area contributed by atoms with Gasteiger partial charge in [0.25, 0.3) is 5.91 Å². The molecule has 0 saturated carbocycles. The van der Waals surface area contributed by atoms with Crippen LogP contribution in [0.4, 0.5) is 21.7 Å². The summed E-state index contributed by atoms with van der Waals surface area (Å²) >= 11 is 0. The first-order chi connectivity index (χ1) is 13.4. The summed E-state index contributed by atoms with van der Waals surface area (Å²) in [5.41, 5.74) is 2.06. The first-order valence-corrected chi connectivity index (χ1v) is 9.43. The van der Waals surface area contributed by atoms with Crippen molar-refractivity contribution < 1.29 is 9.18 Å². The van der Waals surface area contributed by atoms with Gasteiger partial charge in [0.2, 0.25) is 5.95 Å². The molecule has 2 N–H and O–H groups in total. The Labute approximate surface area is 165 Å². The smallest absolute Gasteiger partial charge is 0.269 e. The molecule has 1 aliphatic rings. The van der Waals surface area contributed by atoms with Gasteiger partial charge in [-0.3, -0.25) is 4.79 Å². The van der Waals surface area contributed by atoms with Gasteiger partial charge in [0.15, 0.2) is 0 Å². The molecule has 1 aromatic carbocycles. The molecule has 0 radical (unpaired) electrons. The number of rotatable bonds is 5. The van der Waals surface area contributed by atoms with Crippen LogP contribution < -0.4 is 15.5 Å². The van der Waals surface area contributed by atoms with E-state index in [0.29, 0.717) is 23.1 Å². The lowest BCUT2D eigenvalue weighted by molar-refractivity contribution is 0.0958. The van der Waals surface area contributed by atoms with E-state index in [2.05, 4.69) is 44.5 Å². The Morgan fingerprint density at radius 1 is 1.21 bits per heavy atom. The van der Waals surface area contributed by atoms with E-state index in [0.717, 1.165) is 25.9 Å². The van der Waals surface area contributed by atoms with E-state index in [1.165, 1.54) is 6.07 Å². The highest BCUT2D eigenvalue weighted by molar-refractivity contribution is 5.92. The van der Waals surface area contributed by atoms with Crippen LogP contribution in [0.15, 0.2) is 24.3 Å². The zero-order valence-electron chi connectivity index (χ0n) is 16.8. The molecule has 0 aliphatic carbocycles. The molecule has 2 aromatic rings. The van der Waals surface area contributed by atoms with Gasteiger partial charge in [-0.2, -0.15) is 0 Å². The van der Waals surface area contributed by atoms with Gasteiger partial charge in [0.05, 0.1) is 5.69 Å². The quantitative estimate of drug-likeness (QED) is 0.823. The van der Waals surface area contributed by atoms with Gasteiger partial charge >= 0.3 is 0 Å². The second-order valence-electron chi connectivity index (χ2n) is 7.27. The Morgan fingerprint density at radius 2 is 1.93 bits per heavy atom. The number of hydrogen-bond acceptors (Lipinski definition) is 6. The summed E-state index contributed by atoms with van der Waals surface area (Å²) in [6.07, 6.45) is 2.04. The van der Waals surface area contributed by atoms with Crippen molar-refractivity contribution in [1.29, 1.82) is 0 Å². The summed E-state index contributed by atoms with van der Waals surface area (Å²) in [5, 5.41) is 5.53. The highest BCUT2D eigenvalue weighted by atomic mass is 19.1. The number of aromatic nitrogens is 2. The molecular formula is C20H27FN6O. The van der Waals surface area contributed by atoms with Crippen molar-refractivity contribution in [3.63, 3.8) is 0 Å². The van der Waals surface area contributed by atoms with Crippen LogP contribution in [0.1, 0.15) is 29.0 Å². The monoisotopic (exact) mass is 386 g/mol. The highest BCUT2D eigenvalue weighted by Crippen LogP contribution is 2.27. The van der Waals surface area contributed by atoms with Crippen LogP contribution in [0.2, 0.25) is 0 Å². The summed E-state index contributed by atoms with van der Waals surface area (Å²) < 4.78 is 14.7. The maximum atomic E-state index is 14.7. The topological polar surface area (TPSA) is 73.4 Å². The normalized spacial score (nSPS) is 15.0. The van der Waals surface area contributed by atoms with E-state index >= 15 is 0 Å². The van der Waals surface area contributed by atoms with E-state index in [1.54, 1.807) is 26.1 Å². The van der Waals surface area contributed by atoms with E-state index in [4.69, 9.17) is 0 Å². The number of benzene rings is 1. The maximum absolute atomic E-state index is 14.7. The molecule has 28 heavy (non-hydrogen) atoms. The molecule has 1 saturated heterocycles. The first-order valence-electron chi connectivity index (χ1n) is 9.43. The number of hydrogen-bond donors (Lipinski definition) is 2. The molecule has 7 nitrogen and oxygen atoms in total. The number of piperidine rings is 1. The second kappa shape index (κ2) is 8.52. The lowest BCUT2D eigenvalue weighted by Crippen LogP contribution is -2.42. The highest BCUT2D eigenvalue weighted by Gasteiger charge is 2.22. The third kappa shape index (κ3) is 4.56. The van der Waals surface area contributed by atoms with Crippen molar-refractivity contribution in [2.45, 2.75) is 25.8 Å². The van der Waals surface area contributed by atoms with E-state index in [-0.39, 0.29) is 23.4 Å². The molecule has 1 amide bonds. The van der Waals surface area contributed by atoms with Gasteiger partial charge in [0.1, 0.15) is 11.5 Å². The summed E-state index contributed by atoms with van der Waals surface area (Å²) in [5.74, 6) is -0.318. The molecular weight excluding hydrogens is 359 g/mol. The molecule has 3 rings (SSSR count). The van der Waals surface area contributed by atoms with Crippen LogP contribution in [-0.2, 0) is 0 Å². The van der Waals surface area contributed by atoms with Crippen molar-refractivity contribution in [3.05, 3.63) is 41.5 Å². The lowest BCUT2D eigenvalue weighted by Gasteiger charge is -2.36. The van der Waals surface area contributed by atoms with Crippen LogP contribution in [-0.4, -0.2) is 61.0 Å². The summed E-state index contributed by atoms with van der Waals surface area (Å²) in [6, 6.07) is 7.18. The number of anilines is 3.